The normalized spacial score (nSPS) is 17.3. The van der Waals surface area contributed by atoms with Crippen LogP contribution >= 0.6 is 0 Å². The molecule has 1 atom stereocenters. The van der Waals surface area contributed by atoms with E-state index >= 15 is 0 Å². The van der Waals surface area contributed by atoms with Crippen LogP contribution < -0.4 is 15.8 Å². The Labute approximate surface area is 130 Å². The molecule has 122 valence electrons. The second-order valence-corrected chi connectivity index (χ2v) is 5.77. The van der Waals surface area contributed by atoms with Gasteiger partial charge in [-0.2, -0.15) is 0 Å². The van der Waals surface area contributed by atoms with Gasteiger partial charge in [-0.3, -0.25) is 4.79 Å². The van der Waals surface area contributed by atoms with Gasteiger partial charge in [-0.05, 0) is 44.7 Å². The van der Waals surface area contributed by atoms with Crippen molar-refractivity contribution < 1.29 is 18.7 Å². The van der Waals surface area contributed by atoms with Crippen LogP contribution in [0.25, 0.3) is 0 Å². The number of hydrogen-bond acceptors (Lipinski definition) is 4. The molecule has 2 rings (SSSR count). The molecule has 1 aliphatic heterocycles. The largest absolute Gasteiger partial charge is 0.491 e. The molecule has 0 saturated carbocycles. The van der Waals surface area contributed by atoms with Crippen LogP contribution in [0, 0.1) is 11.7 Å². The Kier molecular flexibility index (Phi) is 5.74. The van der Waals surface area contributed by atoms with Crippen LogP contribution in [-0.2, 0) is 9.53 Å². The minimum absolute atomic E-state index is 0.0400. The van der Waals surface area contributed by atoms with E-state index in [0.717, 1.165) is 12.8 Å². The van der Waals surface area contributed by atoms with Gasteiger partial charge >= 0.3 is 0 Å². The molecule has 1 aliphatic rings. The predicted octanol–water partition coefficient (Wildman–Crippen LogP) is 2.31. The molecule has 22 heavy (non-hydrogen) atoms. The number of rotatable bonds is 5. The summed E-state index contributed by atoms with van der Waals surface area (Å²) in [5.74, 6) is -0.409. The molecule has 1 amide bonds. The monoisotopic (exact) mass is 310 g/mol. The second kappa shape index (κ2) is 7.56. The SMILES string of the molecule is CC(C)Oc1ccc(NC(=O)C(N)C2CCOCC2)c(F)c1. The van der Waals surface area contributed by atoms with Gasteiger partial charge in [0, 0.05) is 19.3 Å². The maximum absolute atomic E-state index is 14.0. The summed E-state index contributed by atoms with van der Waals surface area (Å²) in [5, 5.41) is 2.55. The molecule has 1 saturated heterocycles. The summed E-state index contributed by atoms with van der Waals surface area (Å²) in [6, 6.07) is 3.71. The van der Waals surface area contributed by atoms with Crippen molar-refractivity contribution in [2.45, 2.75) is 38.8 Å². The van der Waals surface area contributed by atoms with Crippen molar-refractivity contribution in [3.05, 3.63) is 24.0 Å². The van der Waals surface area contributed by atoms with Crippen molar-refractivity contribution in [3.8, 4) is 5.75 Å². The topological polar surface area (TPSA) is 73.6 Å². The molecule has 0 bridgehead atoms. The molecule has 1 aromatic carbocycles. The van der Waals surface area contributed by atoms with Crippen molar-refractivity contribution in [1.82, 2.24) is 0 Å². The average molecular weight is 310 g/mol. The molecule has 5 nitrogen and oxygen atoms in total. The summed E-state index contributed by atoms with van der Waals surface area (Å²) in [6.07, 6.45) is 1.46. The second-order valence-electron chi connectivity index (χ2n) is 5.77. The molecule has 3 N–H and O–H groups in total. The first-order chi connectivity index (χ1) is 10.5. The standard InChI is InChI=1S/C16H23FN2O3/c1-10(2)22-12-3-4-14(13(17)9-12)19-16(20)15(18)11-5-7-21-8-6-11/h3-4,9-11,15H,5-8,18H2,1-2H3,(H,19,20). The fourth-order valence-corrected chi connectivity index (χ4v) is 2.45. The van der Waals surface area contributed by atoms with Crippen LogP contribution in [0.4, 0.5) is 10.1 Å². The molecule has 1 fully saturated rings. The molecule has 6 heteroatoms. The highest BCUT2D eigenvalue weighted by Gasteiger charge is 2.27. The van der Waals surface area contributed by atoms with Gasteiger partial charge in [0.15, 0.2) is 0 Å². The molecular weight excluding hydrogens is 287 g/mol. The van der Waals surface area contributed by atoms with E-state index in [2.05, 4.69) is 5.32 Å². The maximum atomic E-state index is 14.0. The smallest absolute Gasteiger partial charge is 0.241 e. The van der Waals surface area contributed by atoms with Crippen LogP contribution in [0.5, 0.6) is 5.75 Å². The van der Waals surface area contributed by atoms with Crippen LogP contribution in [0.1, 0.15) is 26.7 Å². The fraction of sp³-hybridized carbons (Fsp3) is 0.562. The molecule has 0 spiro atoms. The first-order valence-electron chi connectivity index (χ1n) is 7.57. The average Bonchev–Trinajstić information content (AvgIpc) is 2.49. The molecule has 1 heterocycles. The Bertz CT molecular complexity index is 516. The minimum Gasteiger partial charge on any atom is -0.491 e. The molecule has 1 aromatic rings. The van der Waals surface area contributed by atoms with Crippen molar-refractivity contribution in [2.75, 3.05) is 18.5 Å². The van der Waals surface area contributed by atoms with E-state index in [0.29, 0.717) is 19.0 Å². The highest BCUT2D eigenvalue weighted by atomic mass is 19.1. The lowest BCUT2D eigenvalue weighted by atomic mass is 9.92. The Hall–Kier alpha value is -1.66. The first kappa shape index (κ1) is 16.7. The highest BCUT2D eigenvalue weighted by molar-refractivity contribution is 5.95. The number of anilines is 1. The number of nitrogens with one attached hydrogen (secondary N) is 1. The number of carbonyl (C=O) groups is 1. The van der Waals surface area contributed by atoms with Gasteiger partial charge in [0.25, 0.3) is 0 Å². The summed E-state index contributed by atoms with van der Waals surface area (Å²) in [7, 11) is 0. The zero-order chi connectivity index (χ0) is 16.1. The molecule has 1 unspecified atom stereocenters. The third-order valence-corrected chi connectivity index (χ3v) is 3.65. The number of hydrogen-bond donors (Lipinski definition) is 2. The van der Waals surface area contributed by atoms with Crippen molar-refractivity contribution in [2.24, 2.45) is 11.7 Å². The van der Waals surface area contributed by atoms with Crippen LogP contribution in [-0.4, -0.2) is 31.3 Å². The molecule has 0 aliphatic carbocycles. The van der Waals surface area contributed by atoms with Crippen LogP contribution in [0.15, 0.2) is 18.2 Å². The Balaban J connectivity index is 1.98. The van der Waals surface area contributed by atoms with Crippen LogP contribution in [0.3, 0.4) is 0 Å². The van der Waals surface area contributed by atoms with E-state index in [9.17, 15) is 9.18 Å². The summed E-state index contributed by atoms with van der Waals surface area (Å²) in [5.41, 5.74) is 6.09. The van der Waals surface area contributed by atoms with E-state index in [4.69, 9.17) is 15.2 Å². The molecule has 0 aromatic heterocycles. The number of carbonyl (C=O) groups excluding carboxylic acids is 1. The number of benzene rings is 1. The Morgan fingerprint density at radius 3 is 2.68 bits per heavy atom. The minimum atomic E-state index is -0.658. The number of nitrogens with two attached hydrogens (primary N) is 1. The summed E-state index contributed by atoms with van der Waals surface area (Å²) < 4.78 is 24.7. The predicted molar refractivity (Wildman–Crippen MR) is 82.3 cm³/mol. The third-order valence-electron chi connectivity index (χ3n) is 3.65. The fourth-order valence-electron chi connectivity index (χ4n) is 2.45. The van der Waals surface area contributed by atoms with Gasteiger partial charge in [-0.15, -0.1) is 0 Å². The lowest BCUT2D eigenvalue weighted by molar-refractivity contribution is -0.119. The van der Waals surface area contributed by atoms with Crippen molar-refractivity contribution >= 4 is 11.6 Å². The van der Waals surface area contributed by atoms with Gasteiger partial charge in [0.2, 0.25) is 5.91 Å². The number of ether oxygens (including phenoxy) is 2. The Morgan fingerprint density at radius 1 is 1.41 bits per heavy atom. The highest BCUT2D eigenvalue weighted by Crippen LogP contribution is 2.23. The van der Waals surface area contributed by atoms with Crippen molar-refractivity contribution in [1.29, 1.82) is 0 Å². The lowest BCUT2D eigenvalue weighted by Crippen LogP contribution is -2.44. The maximum Gasteiger partial charge on any atom is 0.241 e. The summed E-state index contributed by atoms with van der Waals surface area (Å²) >= 11 is 0. The van der Waals surface area contributed by atoms with Gasteiger partial charge in [-0.1, -0.05) is 0 Å². The van der Waals surface area contributed by atoms with E-state index in [1.165, 1.54) is 12.1 Å². The number of amides is 1. The summed E-state index contributed by atoms with van der Waals surface area (Å²) in [4.78, 5) is 12.2. The number of halogens is 1. The van der Waals surface area contributed by atoms with E-state index < -0.39 is 11.9 Å². The zero-order valence-electron chi connectivity index (χ0n) is 13.0. The zero-order valence-corrected chi connectivity index (χ0v) is 13.0. The Morgan fingerprint density at radius 2 is 2.09 bits per heavy atom. The van der Waals surface area contributed by atoms with E-state index in [-0.39, 0.29) is 23.6 Å². The molecule has 0 radical (unpaired) electrons. The van der Waals surface area contributed by atoms with E-state index in [1.807, 2.05) is 13.8 Å². The van der Waals surface area contributed by atoms with Gasteiger partial charge < -0.3 is 20.5 Å². The van der Waals surface area contributed by atoms with Crippen LogP contribution in [0.2, 0.25) is 0 Å². The lowest BCUT2D eigenvalue weighted by Gasteiger charge is -2.26. The summed E-state index contributed by atoms with van der Waals surface area (Å²) in [6.45, 7) is 4.95. The molecular formula is C16H23FN2O3. The van der Waals surface area contributed by atoms with Crippen molar-refractivity contribution in [3.63, 3.8) is 0 Å². The third kappa shape index (κ3) is 4.42. The van der Waals surface area contributed by atoms with Gasteiger partial charge in [-0.25, -0.2) is 4.39 Å². The van der Waals surface area contributed by atoms with Gasteiger partial charge in [0.05, 0.1) is 17.8 Å². The first-order valence-corrected chi connectivity index (χ1v) is 7.57. The van der Waals surface area contributed by atoms with Gasteiger partial charge in [0.1, 0.15) is 11.6 Å². The quantitative estimate of drug-likeness (QED) is 0.875. The van der Waals surface area contributed by atoms with E-state index in [1.54, 1.807) is 6.07 Å².